The second-order valence-electron chi connectivity index (χ2n) is 4.79. The standard InChI is InChI=1S/C13H17NO3S/c1-8(11-3-2-6-18-11)14-12(15)9-4-5-10(7-9)13(16)17/h2-3,6,8-10H,4-5,7H2,1H3,(H,14,15)(H,16,17)/t8-,9?,10?/m1/s1. The van der Waals surface area contributed by atoms with Gasteiger partial charge >= 0.3 is 5.97 Å². The number of carboxylic acids is 1. The molecule has 0 aliphatic heterocycles. The van der Waals surface area contributed by atoms with Gasteiger partial charge in [0.2, 0.25) is 5.91 Å². The van der Waals surface area contributed by atoms with Crippen molar-refractivity contribution in [3.05, 3.63) is 22.4 Å². The molecule has 0 radical (unpaired) electrons. The van der Waals surface area contributed by atoms with Crippen LogP contribution in [0.2, 0.25) is 0 Å². The Morgan fingerprint density at radius 3 is 2.72 bits per heavy atom. The number of carbonyl (C=O) groups excluding carboxylic acids is 1. The maximum atomic E-state index is 12.0. The number of amides is 1. The minimum Gasteiger partial charge on any atom is -0.481 e. The molecule has 1 fully saturated rings. The van der Waals surface area contributed by atoms with Crippen molar-refractivity contribution in [1.29, 1.82) is 0 Å². The zero-order valence-electron chi connectivity index (χ0n) is 10.3. The SMILES string of the molecule is C[C@@H](NC(=O)C1CCC(C(=O)O)C1)c1cccs1. The van der Waals surface area contributed by atoms with Gasteiger partial charge in [-0.25, -0.2) is 0 Å². The molecule has 2 rings (SSSR count). The summed E-state index contributed by atoms with van der Waals surface area (Å²) >= 11 is 1.61. The molecule has 0 bridgehead atoms. The molecule has 0 aromatic carbocycles. The van der Waals surface area contributed by atoms with E-state index in [0.29, 0.717) is 19.3 Å². The summed E-state index contributed by atoms with van der Waals surface area (Å²) in [6.45, 7) is 1.95. The molecule has 18 heavy (non-hydrogen) atoms. The molecule has 1 aromatic rings. The quantitative estimate of drug-likeness (QED) is 0.880. The van der Waals surface area contributed by atoms with E-state index in [1.165, 1.54) is 0 Å². The molecule has 4 nitrogen and oxygen atoms in total. The zero-order valence-corrected chi connectivity index (χ0v) is 11.1. The summed E-state index contributed by atoms with van der Waals surface area (Å²) in [5, 5.41) is 13.9. The number of carboxylic acid groups (broad SMARTS) is 1. The highest BCUT2D eigenvalue weighted by Gasteiger charge is 2.34. The third-order valence-corrected chi connectivity index (χ3v) is 4.54. The number of thiophene rings is 1. The molecule has 1 heterocycles. The van der Waals surface area contributed by atoms with Crippen molar-refractivity contribution in [3.8, 4) is 0 Å². The van der Waals surface area contributed by atoms with Gasteiger partial charge in [0.15, 0.2) is 0 Å². The number of aliphatic carboxylic acids is 1. The minimum atomic E-state index is -0.781. The van der Waals surface area contributed by atoms with Gasteiger partial charge in [-0.15, -0.1) is 11.3 Å². The maximum absolute atomic E-state index is 12.0. The molecule has 2 unspecified atom stereocenters. The Morgan fingerprint density at radius 1 is 1.44 bits per heavy atom. The van der Waals surface area contributed by atoms with Crippen LogP contribution in [0.3, 0.4) is 0 Å². The smallest absolute Gasteiger partial charge is 0.306 e. The van der Waals surface area contributed by atoms with E-state index in [9.17, 15) is 9.59 Å². The lowest BCUT2D eigenvalue weighted by Crippen LogP contribution is -2.31. The van der Waals surface area contributed by atoms with Crippen molar-refractivity contribution >= 4 is 23.2 Å². The second kappa shape index (κ2) is 5.52. The first-order valence-corrected chi connectivity index (χ1v) is 7.02. The summed E-state index contributed by atoms with van der Waals surface area (Å²) in [6.07, 6.45) is 1.76. The van der Waals surface area contributed by atoms with Crippen LogP contribution in [0.4, 0.5) is 0 Å². The fourth-order valence-electron chi connectivity index (χ4n) is 2.38. The Hall–Kier alpha value is -1.36. The third-order valence-electron chi connectivity index (χ3n) is 3.48. The highest BCUT2D eigenvalue weighted by molar-refractivity contribution is 7.10. The topological polar surface area (TPSA) is 66.4 Å². The van der Waals surface area contributed by atoms with Crippen LogP contribution in [0.1, 0.15) is 37.1 Å². The molecule has 0 saturated heterocycles. The van der Waals surface area contributed by atoms with Crippen molar-refractivity contribution in [2.24, 2.45) is 11.8 Å². The summed E-state index contributed by atoms with van der Waals surface area (Å²) < 4.78 is 0. The zero-order chi connectivity index (χ0) is 13.1. The first-order valence-electron chi connectivity index (χ1n) is 6.14. The van der Waals surface area contributed by atoms with Crippen LogP contribution in [0.15, 0.2) is 17.5 Å². The Bertz CT molecular complexity index is 429. The van der Waals surface area contributed by atoms with Crippen LogP contribution in [-0.4, -0.2) is 17.0 Å². The molecular formula is C13H17NO3S. The predicted molar refractivity (Wildman–Crippen MR) is 69.3 cm³/mol. The van der Waals surface area contributed by atoms with E-state index in [1.807, 2.05) is 24.4 Å². The molecule has 3 atom stereocenters. The lowest BCUT2D eigenvalue weighted by Gasteiger charge is -2.15. The van der Waals surface area contributed by atoms with E-state index < -0.39 is 5.97 Å². The molecule has 98 valence electrons. The molecule has 5 heteroatoms. The van der Waals surface area contributed by atoms with Gasteiger partial charge in [0.1, 0.15) is 0 Å². The average molecular weight is 267 g/mol. The molecule has 1 saturated carbocycles. The van der Waals surface area contributed by atoms with Gasteiger partial charge in [-0.1, -0.05) is 6.07 Å². The summed E-state index contributed by atoms with van der Waals surface area (Å²) in [7, 11) is 0. The van der Waals surface area contributed by atoms with Gasteiger partial charge < -0.3 is 10.4 Å². The van der Waals surface area contributed by atoms with E-state index in [0.717, 1.165) is 4.88 Å². The van der Waals surface area contributed by atoms with Crippen LogP contribution < -0.4 is 5.32 Å². The highest BCUT2D eigenvalue weighted by Crippen LogP contribution is 2.31. The van der Waals surface area contributed by atoms with Gasteiger partial charge in [0.25, 0.3) is 0 Å². The first kappa shape index (κ1) is 13.1. The predicted octanol–water partition coefficient (Wildman–Crippen LogP) is 2.43. The van der Waals surface area contributed by atoms with Gasteiger partial charge in [0, 0.05) is 10.8 Å². The third kappa shape index (κ3) is 2.90. The molecule has 1 aliphatic rings. The van der Waals surface area contributed by atoms with Crippen LogP contribution in [-0.2, 0) is 9.59 Å². The van der Waals surface area contributed by atoms with Crippen LogP contribution in [0, 0.1) is 11.8 Å². The van der Waals surface area contributed by atoms with E-state index in [4.69, 9.17) is 5.11 Å². The Balaban J connectivity index is 1.87. The molecule has 1 amide bonds. The Labute approximate surface area is 110 Å². The highest BCUT2D eigenvalue weighted by atomic mass is 32.1. The van der Waals surface area contributed by atoms with Gasteiger partial charge in [-0.05, 0) is 37.6 Å². The Morgan fingerprint density at radius 2 is 2.17 bits per heavy atom. The van der Waals surface area contributed by atoms with E-state index in [2.05, 4.69) is 5.32 Å². The van der Waals surface area contributed by atoms with Crippen molar-refractivity contribution < 1.29 is 14.7 Å². The summed E-state index contributed by atoms with van der Waals surface area (Å²) in [5.74, 6) is -1.29. The molecular weight excluding hydrogens is 250 g/mol. The summed E-state index contributed by atoms with van der Waals surface area (Å²) in [4.78, 5) is 24.0. The number of rotatable bonds is 4. The summed E-state index contributed by atoms with van der Waals surface area (Å²) in [6, 6.07) is 3.95. The normalized spacial score (nSPS) is 24.7. The maximum Gasteiger partial charge on any atom is 0.306 e. The fraction of sp³-hybridized carbons (Fsp3) is 0.538. The van der Waals surface area contributed by atoms with Gasteiger partial charge in [-0.2, -0.15) is 0 Å². The fourth-order valence-corrected chi connectivity index (χ4v) is 3.12. The van der Waals surface area contributed by atoms with Crippen LogP contribution in [0.5, 0.6) is 0 Å². The van der Waals surface area contributed by atoms with Crippen molar-refractivity contribution in [2.75, 3.05) is 0 Å². The second-order valence-corrected chi connectivity index (χ2v) is 5.77. The number of carbonyl (C=O) groups is 2. The number of hydrogen-bond acceptors (Lipinski definition) is 3. The Kier molecular flexibility index (Phi) is 4.01. The molecule has 2 N–H and O–H groups in total. The number of nitrogens with one attached hydrogen (secondary N) is 1. The lowest BCUT2D eigenvalue weighted by molar-refractivity contribution is -0.141. The minimum absolute atomic E-state index is 0.00128. The van der Waals surface area contributed by atoms with Gasteiger partial charge in [-0.3, -0.25) is 9.59 Å². The monoisotopic (exact) mass is 267 g/mol. The van der Waals surface area contributed by atoms with Crippen LogP contribution >= 0.6 is 11.3 Å². The molecule has 0 spiro atoms. The summed E-state index contributed by atoms with van der Waals surface area (Å²) in [5.41, 5.74) is 0. The molecule has 1 aromatic heterocycles. The van der Waals surface area contributed by atoms with E-state index >= 15 is 0 Å². The van der Waals surface area contributed by atoms with Crippen molar-refractivity contribution in [3.63, 3.8) is 0 Å². The largest absolute Gasteiger partial charge is 0.481 e. The molecule has 1 aliphatic carbocycles. The van der Waals surface area contributed by atoms with Gasteiger partial charge in [0.05, 0.1) is 12.0 Å². The average Bonchev–Trinajstić information content (AvgIpc) is 3.00. The van der Waals surface area contributed by atoms with Crippen molar-refractivity contribution in [1.82, 2.24) is 5.32 Å². The van der Waals surface area contributed by atoms with Crippen molar-refractivity contribution in [2.45, 2.75) is 32.2 Å². The van der Waals surface area contributed by atoms with Crippen LogP contribution in [0.25, 0.3) is 0 Å². The first-order chi connectivity index (χ1) is 8.58. The number of hydrogen-bond donors (Lipinski definition) is 2. The lowest BCUT2D eigenvalue weighted by atomic mass is 10.0. The van der Waals surface area contributed by atoms with E-state index in [-0.39, 0.29) is 23.8 Å². The van der Waals surface area contributed by atoms with E-state index in [1.54, 1.807) is 11.3 Å².